The normalized spacial score (nSPS) is 13.8. The molecule has 22 heavy (non-hydrogen) atoms. The number of amidine groups is 1. The molecule has 4 nitrogen and oxygen atoms in total. The number of aromatic nitrogens is 1. The van der Waals surface area contributed by atoms with E-state index < -0.39 is 0 Å². The number of amides is 1. The lowest BCUT2D eigenvalue weighted by Gasteiger charge is -2.08. The lowest BCUT2D eigenvalue weighted by Crippen LogP contribution is -2.27. The van der Waals surface area contributed by atoms with Gasteiger partial charge < -0.3 is 5.32 Å². The van der Waals surface area contributed by atoms with Crippen LogP contribution in [0.4, 0.5) is 0 Å². The zero-order valence-corrected chi connectivity index (χ0v) is 14.7. The van der Waals surface area contributed by atoms with Crippen molar-refractivity contribution in [1.82, 2.24) is 10.3 Å². The van der Waals surface area contributed by atoms with Crippen LogP contribution in [0.5, 0.6) is 0 Å². The van der Waals surface area contributed by atoms with Crippen LogP contribution in [0, 0.1) is 0 Å². The maximum absolute atomic E-state index is 12.4. The maximum atomic E-state index is 12.4. The minimum atomic E-state index is -0.166. The first-order valence-electron chi connectivity index (χ1n) is 6.59. The number of carbonyl (C=O) groups excluding carboxylic acids is 1. The lowest BCUT2D eigenvalue weighted by atomic mass is 10.3. The summed E-state index contributed by atoms with van der Waals surface area (Å²) in [5, 5.41) is 4.22. The average molecular weight is 394 g/mol. The van der Waals surface area contributed by atoms with Crippen LogP contribution in [0.3, 0.4) is 0 Å². The molecule has 112 valence electrons. The number of nitrogens with one attached hydrogen (secondary N) is 1. The summed E-state index contributed by atoms with van der Waals surface area (Å²) in [6.07, 6.45) is 1.69. The highest BCUT2D eigenvalue weighted by atomic mass is 79.9. The van der Waals surface area contributed by atoms with E-state index in [1.54, 1.807) is 30.1 Å². The van der Waals surface area contributed by atoms with Gasteiger partial charge in [-0.15, -0.1) is 0 Å². The second-order valence-electron chi connectivity index (χ2n) is 4.40. The lowest BCUT2D eigenvalue weighted by molar-refractivity contribution is 0.0974. The van der Waals surface area contributed by atoms with Gasteiger partial charge in [-0.25, -0.2) is 4.98 Å². The third kappa shape index (κ3) is 3.91. The molecule has 0 radical (unpaired) electrons. The number of nitrogens with zero attached hydrogens (tertiary/aromatic N) is 2. The topological polar surface area (TPSA) is 54.4 Å². The van der Waals surface area contributed by atoms with Gasteiger partial charge in [0.15, 0.2) is 5.17 Å². The first-order valence-corrected chi connectivity index (χ1v) is 9.19. The zero-order chi connectivity index (χ0) is 15.4. The fourth-order valence-electron chi connectivity index (χ4n) is 1.83. The molecule has 1 amide bonds. The minimum absolute atomic E-state index is 0.166. The molecule has 0 fully saturated rings. The first-order chi connectivity index (χ1) is 10.7. The predicted molar refractivity (Wildman–Crippen MR) is 94.7 cm³/mol. The fraction of sp³-hybridized carbons (Fsp3) is 0.133. The Balaban J connectivity index is 1.79. The quantitative estimate of drug-likeness (QED) is 0.860. The molecule has 1 aliphatic rings. The summed E-state index contributed by atoms with van der Waals surface area (Å²) in [5.74, 6) is 0.754. The van der Waals surface area contributed by atoms with Crippen molar-refractivity contribution in [3.8, 4) is 0 Å². The van der Waals surface area contributed by atoms with Gasteiger partial charge >= 0.3 is 0 Å². The molecule has 0 atom stereocenters. The van der Waals surface area contributed by atoms with Gasteiger partial charge in [0, 0.05) is 21.3 Å². The molecule has 0 bridgehead atoms. The Bertz CT molecular complexity index is 719. The molecule has 1 aromatic heterocycles. The summed E-state index contributed by atoms with van der Waals surface area (Å²) in [4.78, 5) is 22.0. The van der Waals surface area contributed by atoms with Gasteiger partial charge in [-0.1, -0.05) is 39.5 Å². The highest BCUT2D eigenvalue weighted by Crippen LogP contribution is 2.29. The van der Waals surface area contributed by atoms with Crippen molar-refractivity contribution < 1.29 is 4.79 Å². The van der Waals surface area contributed by atoms with Gasteiger partial charge in [0.2, 0.25) is 0 Å². The van der Waals surface area contributed by atoms with E-state index in [1.807, 2.05) is 24.3 Å². The molecule has 2 aromatic rings. The number of hydrogen-bond donors (Lipinski definition) is 1. The Hall–Kier alpha value is -1.31. The van der Waals surface area contributed by atoms with Crippen molar-refractivity contribution in [2.24, 2.45) is 4.99 Å². The molecule has 0 spiro atoms. The van der Waals surface area contributed by atoms with Crippen LogP contribution < -0.4 is 5.32 Å². The molecular weight excluding hydrogens is 382 g/mol. The molecule has 0 unspecified atom stereocenters. The smallest absolute Gasteiger partial charge is 0.259 e. The summed E-state index contributed by atoms with van der Waals surface area (Å²) in [7, 11) is 0. The third-order valence-corrected chi connectivity index (χ3v) is 5.30. The van der Waals surface area contributed by atoms with Crippen LogP contribution in [0.25, 0.3) is 0 Å². The van der Waals surface area contributed by atoms with E-state index in [4.69, 9.17) is 0 Å². The highest BCUT2D eigenvalue weighted by Gasteiger charge is 2.17. The van der Waals surface area contributed by atoms with E-state index in [2.05, 4.69) is 31.2 Å². The fourth-order valence-corrected chi connectivity index (χ4v) is 3.70. The zero-order valence-electron chi connectivity index (χ0n) is 11.5. The van der Waals surface area contributed by atoms with Crippen LogP contribution in [0.2, 0.25) is 0 Å². The van der Waals surface area contributed by atoms with E-state index in [0.29, 0.717) is 15.8 Å². The Morgan fingerprint density at radius 1 is 1.27 bits per heavy atom. The van der Waals surface area contributed by atoms with Gasteiger partial charge in [-0.3, -0.25) is 9.79 Å². The van der Waals surface area contributed by atoms with Crippen LogP contribution in [-0.2, 0) is 0 Å². The van der Waals surface area contributed by atoms with Crippen LogP contribution in [0.15, 0.2) is 62.0 Å². The molecule has 7 heteroatoms. The largest absolute Gasteiger partial charge is 0.301 e. The van der Waals surface area contributed by atoms with Crippen molar-refractivity contribution in [3.63, 3.8) is 0 Å². The Kier molecular flexibility index (Phi) is 5.17. The number of benzene rings is 1. The number of pyridine rings is 1. The molecule has 1 aromatic carbocycles. The van der Waals surface area contributed by atoms with Crippen molar-refractivity contribution >= 4 is 50.5 Å². The summed E-state index contributed by atoms with van der Waals surface area (Å²) >= 11 is 6.45. The van der Waals surface area contributed by atoms with Crippen molar-refractivity contribution in [2.45, 2.75) is 9.92 Å². The second-order valence-corrected chi connectivity index (χ2v) is 7.46. The molecule has 3 rings (SSSR count). The molecule has 1 aliphatic heterocycles. The van der Waals surface area contributed by atoms with Crippen LogP contribution in [-0.4, -0.2) is 28.4 Å². The van der Waals surface area contributed by atoms with Crippen molar-refractivity contribution in [3.05, 3.63) is 52.6 Å². The Morgan fingerprint density at radius 2 is 2.09 bits per heavy atom. The molecular formula is C15H12BrN3OS2. The third-order valence-electron chi connectivity index (χ3n) is 2.85. The summed E-state index contributed by atoms with van der Waals surface area (Å²) in [6, 6.07) is 11.5. The number of thioether (sulfide) groups is 1. The minimum Gasteiger partial charge on any atom is -0.301 e. The maximum Gasteiger partial charge on any atom is 0.259 e. The summed E-state index contributed by atoms with van der Waals surface area (Å²) in [6.45, 7) is 0.758. The molecule has 0 saturated heterocycles. The monoisotopic (exact) mass is 393 g/mol. The van der Waals surface area contributed by atoms with E-state index >= 15 is 0 Å². The second kappa shape index (κ2) is 7.30. The first kappa shape index (κ1) is 15.6. The van der Waals surface area contributed by atoms with Crippen LogP contribution >= 0.6 is 39.5 Å². The summed E-state index contributed by atoms with van der Waals surface area (Å²) in [5.41, 5.74) is 0.561. The standard InChI is InChI=1S/C15H12BrN3OS2/c16-10-3-5-11(6-4-10)22-14-12(2-1-7-17-14)13(20)19-15-18-8-9-21-15/h1-7H,8-9H2,(H,18,19,20). The van der Waals surface area contributed by atoms with E-state index in [-0.39, 0.29) is 5.91 Å². The number of halogens is 1. The van der Waals surface area contributed by atoms with Crippen molar-refractivity contribution in [2.75, 3.05) is 12.3 Å². The van der Waals surface area contributed by atoms with E-state index in [9.17, 15) is 4.79 Å². The SMILES string of the molecule is O=C(NC1=NCCS1)c1cccnc1Sc1ccc(Br)cc1. The van der Waals surface area contributed by atoms with Crippen molar-refractivity contribution in [1.29, 1.82) is 0 Å². The van der Waals surface area contributed by atoms with E-state index in [0.717, 1.165) is 21.7 Å². The average Bonchev–Trinajstić information content (AvgIpc) is 3.03. The Morgan fingerprint density at radius 3 is 2.82 bits per heavy atom. The van der Waals surface area contributed by atoms with Gasteiger partial charge in [0.05, 0.1) is 12.1 Å². The van der Waals surface area contributed by atoms with Gasteiger partial charge in [0.1, 0.15) is 5.03 Å². The van der Waals surface area contributed by atoms with Gasteiger partial charge in [0.25, 0.3) is 5.91 Å². The molecule has 0 saturated carbocycles. The molecule has 0 aliphatic carbocycles. The van der Waals surface area contributed by atoms with Gasteiger partial charge in [-0.05, 0) is 36.4 Å². The molecule has 1 N–H and O–H groups in total. The van der Waals surface area contributed by atoms with Gasteiger partial charge in [-0.2, -0.15) is 0 Å². The number of hydrogen-bond acceptors (Lipinski definition) is 5. The number of rotatable bonds is 3. The van der Waals surface area contributed by atoms with Crippen LogP contribution in [0.1, 0.15) is 10.4 Å². The highest BCUT2D eigenvalue weighted by molar-refractivity contribution is 9.10. The Labute approximate surface area is 145 Å². The van der Waals surface area contributed by atoms with E-state index in [1.165, 1.54) is 11.8 Å². The summed E-state index contributed by atoms with van der Waals surface area (Å²) < 4.78 is 1.02. The number of aliphatic imine (C=N–C) groups is 1. The predicted octanol–water partition coefficient (Wildman–Crippen LogP) is 3.83. The number of carbonyl (C=O) groups is 1. The molecule has 2 heterocycles.